The molecule has 2 rings (SSSR count). The molecule has 0 radical (unpaired) electrons. The van der Waals surface area contributed by atoms with Crippen molar-refractivity contribution < 1.29 is 0 Å². The molecular formula is C42H77ClN6. The SMILES string of the molecule is CCCCCCCCNCCCNCCC(N)Cc1cc(CC(N)CCNCCCNCCCCCCCC)cc(-c2ccccc2)c1.Cl. The first-order valence-corrected chi connectivity index (χ1v) is 20.1. The van der Waals surface area contributed by atoms with Gasteiger partial charge in [-0.2, -0.15) is 0 Å². The predicted octanol–water partition coefficient (Wildman–Crippen LogP) is 8.15. The fraction of sp³-hybridized carbons (Fsp3) is 0.714. The maximum absolute atomic E-state index is 6.66. The topological polar surface area (TPSA) is 100 Å². The van der Waals surface area contributed by atoms with Crippen LogP contribution < -0.4 is 32.7 Å². The molecule has 0 aliphatic carbocycles. The highest BCUT2D eigenvalue weighted by molar-refractivity contribution is 5.85. The summed E-state index contributed by atoms with van der Waals surface area (Å²) >= 11 is 0. The van der Waals surface area contributed by atoms with E-state index in [0.717, 1.165) is 78.0 Å². The lowest BCUT2D eigenvalue weighted by Crippen LogP contribution is -2.30. The Morgan fingerprint density at radius 3 is 1.29 bits per heavy atom. The first kappa shape index (κ1) is 45.5. The minimum Gasteiger partial charge on any atom is -0.327 e. The van der Waals surface area contributed by atoms with Gasteiger partial charge in [0.1, 0.15) is 0 Å². The summed E-state index contributed by atoms with van der Waals surface area (Å²) < 4.78 is 0. The van der Waals surface area contributed by atoms with Gasteiger partial charge in [0, 0.05) is 12.1 Å². The fourth-order valence-corrected chi connectivity index (χ4v) is 6.42. The quantitative estimate of drug-likeness (QED) is 0.0421. The van der Waals surface area contributed by atoms with Gasteiger partial charge in [-0.05, 0) is 126 Å². The van der Waals surface area contributed by atoms with Gasteiger partial charge < -0.3 is 32.7 Å². The van der Waals surface area contributed by atoms with Gasteiger partial charge in [-0.1, -0.05) is 127 Å². The van der Waals surface area contributed by atoms with Crippen molar-refractivity contribution in [2.24, 2.45) is 11.5 Å². The standard InChI is InChI=1S/C42H76N6.ClH/c1-3-5-7-9-11-16-24-45-26-18-28-47-30-22-41(43)35-37-32-38(34-40(33-37)39-20-14-13-15-21-39)36-42(44)23-31-48-29-19-27-46-25-17-12-10-8-6-4-2;/h13-15,20-21,32-34,41-42,45-48H,3-12,16-19,22-31,35-36,43-44H2,1-2H3;1H. The van der Waals surface area contributed by atoms with Crippen LogP contribution in [0, 0.1) is 0 Å². The summed E-state index contributed by atoms with van der Waals surface area (Å²) in [7, 11) is 0. The van der Waals surface area contributed by atoms with Crippen LogP contribution in [-0.2, 0) is 12.8 Å². The summed E-state index contributed by atoms with van der Waals surface area (Å²) in [5, 5.41) is 14.4. The first-order valence-electron chi connectivity index (χ1n) is 20.1. The van der Waals surface area contributed by atoms with E-state index in [2.05, 4.69) is 83.6 Å². The molecule has 0 amide bonds. The van der Waals surface area contributed by atoms with Crippen molar-refractivity contribution >= 4 is 12.4 Å². The van der Waals surface area contributed by atoms with Crippen LogP contribution in [0.25, 0.3) is 11.1 Å². The third kappa shape index (κ3) is 25.1. The lowest BCUT2D eigenvalue weighted by Gasteiger charge is -2.17. The molecular weight excluding hydrogens is 624 g/mol. The Hall–Kier alpha value is -1.51. The van der Waals surface area contributed by atoms with Crippen LogP contribution in [-0.4, -0.2) is 64.4 Å². The Balaban J connectivity index is 0.0000120. The van der Waals surface area contributed by atoms with Crippen molar-refractivity contribution in [1.29, 1.82) is 0 Å². The summed E-state index contributed by atoms with van der Waals surface area (Å²) in [5.74, 6) is 0. The van der Waals surface area contributed by atoms with Crippen molar-refractivity contribution in [2.75, 3.05) is 52.4 Å². The van der Waals surface area contributed by atoms with Crippen molar-refractivity contribution in [2.45, 2.75) is 142 Å². The van der Waals surface area contributed by atoms with Gasteiger partial charge in [-0.25, -0.2) is 0 Å². The zero-order valence-corrected chi connectivity index (χ0v) is 32.5. The Labute approximate surface area is 308 Å². The van der Waals surface area contributed by atoms with Gasteiger partial charge in [-0.3, -0.25) is 0 Å². The number of halogens is 1. The number of hydrogen-bond acceptors (Lipinski definition) is 6. The Bertz CT molecular complexity index is 934. The van der Waals surface area contributed by atoms with Crippen LogP contribution in [0.3, 0.4) is 0 Å². The number of nitrogens with two attached hydrogens (primary N) is 2. The van der Waals surface area contributed by atoms with Crippen molar-refractivity contribution in [3.8, 4) is 11.1 Å². The molecule has 0 spiro atoms. The Morgan fingerprint density at radius 2 is 0.837 bits per heavy atom. The molecule has 7 heteroatoms. The number of unbranched alkanes of at least 4 members (excludes halogenated alkanes) is 10. The second kappa shape index (κ2) is 32.4. The highest BCUT2D eigenvalue weighted by atomic mass is 35.5. The van der Waals surface area contributed by atoms with Crippen LogP contribution in [0.4, 0.5) is 0 Å². The van der Waals surface area contributed by atoms with Gasteiger partial charge in [0.15, 0.2) is 0 Å². The number of rotatable bonds is 33. The zero-order valence-electron chi connectivity index (χ0n) is 31.7. The summed E-state index contributed by atoms with van der Waals surface area (Å²) in [5.41, 5.74) is 18.5. The molecule has 0 saturated carbocycles. The van der Waals surface area contributed by atoms with E-state index in [-0.39, 0.29) is 24.5 Å². The molecule has 0 aliphatic heterocycles. The second-order valence-corrected chi connectivity index (χ2v) is 14.2. The third-order valence-corrected chi connectivity index (χ3v) is 9.37. The molecule has 0 aliphatic rings. The van der Waals surface area contributed by atoms with E-state index in [4.69, 9.17) is 11.5 Å². The molecule has 2 atom stereocenters. The van der Waals surface area contributed by atoms with E-state index < -0.39 is 0 Å². The number of hydrogen-bond donors (Lipinski definition) is 6. The normalized spacial score (nSPS) is 12.6. The molecule has 0 saturated heterocycles. The van der Waals surface area contributed by atoms with E-state index in [1.807, 2.05) is 0 Å². The average Bonchev–Trinajstić information content (AvgIpc) is 3.09. The van der Waals surface area contributed by atoms with Crippen LogP contribution >= 0.6 is 12.4 Å². The molecule has 2 aromatic rings. The van der Waals surface area contributed by atoms with Crippen LogP contribution in [0.5, 0.6) is 0 Å². The zero-order chi connectivity index (χ0) is 34.3. The van der Waals surface area contributed by atoms with E-state index in [1.54, 1.807) is 0 Å². The molecule has 282 valence electrons. The molecule has 6 nitrogen and oxygen atoms in total. The largest absolute Gasteiger partial charge is 0.327 e. The van der Waals surface area contributed by atoms with Gasteiger partial charge in [0.25, 0.3) is 0 Å². The Morgan fingerprint density at radius 1 is 0.449 bits per heavy atom. The van der Waals surface area contributed by atoms with E-state index in [1.165, 1.54) is 112 Å². The molecule has 0 heterocycles. The van der Waals surface area contributed by atoms with E-state index in [0.29, 0.717) is 0 Å². The average molecular weight is 702 g/mol. The van der Waals surface area contributed by atoms with Gasteiger partial charge >= 0.3 is 0 Å². The van der Waals surface area contributed by atoms with Crippen molar-refractivity contribution in [3.05, 3.63) is 59.7 Å². The highest BCUT2D eigenvalue weighted by Crippen LogP contribution is 2.24. The smallest absolute Gasteiger partial charge is 0.00914 e. The maximum atomic E-state index is 6.66. The summed E-state index contributed by atoms with van der Waals surface area (Å²) in [6.07, 6.45) is 22.4. The molecule has 8 N–H and O–H groups in total. The monoisotopic (exact) mass is 701 g/mol. The lowest BCUT2D eigenvalue weighted by molar-refractivity contribution is 0.528. The van der Waals surface area contributed by atoms with Gasteiger partial charge in [-0.15, -0.1) is 12.4 Å². The van der Waals surface area contributed by atoms with Crippen LogP contribution in [0.15, 0.2) is 48.5 Å². The van der Waals surface area contributed by atoms with Crippen LogP contribution in [0.1, 0.15) is 128 Å². The molecule has 0 bridgehead atoms. The molecule has 0 aromatic heterocycles. The molecule has 0 fully saturated rings. The fourth-order valence-electron chi connectivity index (χ4n) is 6.42. The Kier molecular flexibility index (Phi) is 30.1. The maximum Gasteiger partial charge on any atom is 0.00914 e. The molecule has 49 heavy (non-hydrogen) atoms. The minimum atomic E-state index is 0. The second-order valence-electron chi connectivity index (χ2n) is 14.2. The number of nitrogens with one attached hydrogen (secondary N) is 4. The third-order valence-electron chi connectivity index (χ3n) is 9.37. The van der Waals surface area contributed by atoms with Crippen molar-refractivity contribution in [3.63, 3.8) is 0 Å². The predicted molar refractivity (Wildman–Crippen MR) is 219 cm³/mol. The summed E-state index contributed by atoms with van der Waals surface area (Å²) in [6, 6.07) is 18.0. The lowest BCUT2D eigenvalue weighted by atomic mass is 9.93. The summed E-state index contributed by atoms with van der Waals surface area (Å²) in [6.45, 7) is 13.1. The van der Waals surface area contributed by atoms with E-state index in [9.17, 15) is 0 Å². The van der Waals surface area contributed by atoms with E-state index >= 15 is 0 Å². The minimum absolute atomic E-state index is 0. The first-order chi connectivity index (χ1) is 23.6. The summed E-state index contributed by atoms with van der Waals surface area (Å²) in [4.78, 5) is 0. The van der Waals surface area contributed by atoms with Crippen molar-refractivity contribution in [1.82, 2.24) is 21.3 Å². The van der Waals surface area contributed by atoms with Crippen LogP contribution in [0.2, 0.25) is 0 Å². The highest BCUT2D eigenvalue weighted by Gasteiger charge is 2.11. The molecule has 2 unspecified atom stereocenters. The van der Waals surface area contributed by atoms with Gasteiger partial charge in [0.2, 0.25) is 0 Å². The van der Waals surface area contributed by atoms with Gasteiger partial charge in [0.05, 0.1) is 0 Å². The number of benzene rings is 2. The molecule has 2 aromatic carbocycles.